The van der Waals surface area contributed by atoms with Crippen molar-refractivity contribution in [3.8, 4) is 11.5 Å². The summed E-state index contributed by atoms with van der Waals surface area (Å²) in [4.78, 5) is 0. The van der Waals surface area contributed by atoms with Crippen LogP contribution in [0.2, 0.25) is 0 Å². The second-order valence-electron chi connectivity index (χ2n) is 7.59. The topological polar surface area (TPSA) is 41.5 Å². The van der Waals surface area contributed by atoms with Gasteiger partial charge in [-0.2, -0.15) is 0 Å². The number of nitrogens with one attached hydrogen (secondary N) is 1. The van der Waals surface area contributed by atoms with Crippen LogP contribution in [-0.4, -0.2) is 11.3 Å². The van der Waals surface area contributed by atoms with Gasteiger partial charge in [0.1, 0.15) is 11.5 Å². The van der Waals surface area contributed by atoms with E-state index in [1.165, 1.54) is 27.5 Å². The van der Waals surface area contributed by atoms with Crippen molar-refractivity contribution in [3.05, 3.63) is 102 Å². The van der Waals surface area contributed by atoms with Gasteiger partial charge in [0, 0.05) is 17.7 Å². The third kappa shape index (κ3) is 3.77. The summed E-state index contributed by atoms with van der Waals surface area (Å²) < 4.78 is 6.25. The van der Waals surface area contributed by atoms with Gasteiger partial charge in [0.05, 0.1) is 0 Å². The number of hydrogen-bond acceptors (Lipinski definition) is 3. The molecule has 0 aromatic heterocycles. The maximum atomic E-state index is 9.41. The monoisotopic (exact) mass is 381 g/mol. The van der Waals surface area contributed by atoms with Crippen LogP contribution in [0.1, 0.15) is 23.1 Å². The van der Waals surface area contributed by atoms with Gasteiger partial charge >= 0.3 is 0 Å². The van der Waals surface area contributed by atoms with Crippen molar-refractivity contribution in [2.24, 2.45) is 0 Å². The highest BCUT2D eigenvalue weighted by atomic mass is 16.5. The SMILES string of the molecule is Oc1ccc(Cc2ccc(NC3CCc4c(ccc5ccccc45)O3)cc2)cc1. The molecule has 2 N–H and O–H groups in total. The highest BCUT2D eigenvalue weighted by Gasteiger charge is 2.21. The van der Waals surface area contributed by atoms with Crippen LogP contribution in [0, 0.1) is 0 Å². The van der Waals surface area contributed by atoms with E-state index in [-0.39, 0.29) is 6.23 Å². The fourth-order valence-corrected chi connectivity index (χ4v) is 4.03. The van der Waals surface area contributed by atoms with E-state index in [4.69, 9.17) is 4.74 Å². The zero-order chi connectivity index (χ0) is 19.6. The van der Waals surface area contributed by atoms with Gasteiger partial charge in [-0.15, -0.1) is 0 Å². The number of hydrogen-bond donors (Lipinski definition) is 2. The molecule has 0 saturated carbocycles. The molecule has 1 aliphatic rings. The van der Waals surface area contributed by atoms with Crippen molar-refractivity contribution in [2.75, 3.05) is 5.32 Å². The van der Waals surface area contributed by atoms with Gasteiger partial charge in [-0.05, 0) is 65.1 Å². The zero-order valence-electron chi connectivity index (χ0n) is 16.1. The van der Waals surface area contributed by atoms with E-state index in [9.17, 15) is 5.11 Å². The average Bonchev–Trinajstić information content (AvgIpc) is 2.76. The summed E-state index contributed by atoms with van der Waals surface area (Å²) in [5, 5.41) is 15.5. The lowest BCUT2D eigenvalue weighted by Crippen LogP contribution is -2.30. The average molecular weight is 381 g/mol. The third-order valence-electron chi connectivity index (χ3n) is 5.55. The Morgan fingerprint density at radius 3 is 2.34 bits per heavy atom. The highest BCUT2D eigenvalue weighted by molar-refractivity contribution is 5.88. The van der Waals surface area contributed by atoms with Crippen LogP contribution < -0.4 is 10.1 Å². The Hall–Kier alpha value is -3.46. The summed E-state index contributed by atoms with van der Waals surface area (Å²) in [6.45, 7) is 0. The van der Waals surface area contributed by atoms with Crippen molar-refractivity contribution in [1.29, 1.82) is 0 Å². The van der Waals surface area contributed by atoms with Crippen molar-refractivity contribution < 1.29 is 9.84 Å². The van der Waals surface area contributed by atoms with Crippen LogP contribution in [0.3, 0.4) is 0 Å². The summed E-state index contributed by atoms with van der Waals surface area (Å²) in [7, 11) is 0. The molecule has 4 aromatic rings. The molecular weight excluding hydrogens is 358 g/mol. The molecule has 0 saturated heterocycles. The first-order chi connectivity index (χ1) is 14.2. The molecule has 29 heavy (non-hydrogen) atoms. The van der Waals surface area contributed by atoms with Crippen molar-refractivity contribution in [3.63, 3.8) is 0 Å². The van der Waals surface area contributed by atoms with Crippen LogP contribution in [-0.2, 0) is 12.8 Å². The smallest absolute Gasteiger partial charge is 0.170 e. The number of anilines is 1. The largest absolute Gasteiger partial charge is 0.508 e. The van der Waals surface area contributed by atoms with E-state index in [0.717, 1.165) is 30.7 Å². The zero-order valence-corrected chi connectivity index (χ0v) is 16.1. The molecule has 144 valence electrons. The Kier molecular flexibility index (Phi) is 4.57. The molecule has 5 rings (SSSR count). The van der Waals surface area contributed by atoms with E-state index < -0.39 is 0 Å². The Morgan fingerprint density at radius 1 is 0.828 bits per heavy atom. The second kappa shape index (κ2) is 7.51. The molecule has 4 aromatic carbocycles. The number of aryl methyl sites for hydroxylation is 1. The minimum atomic E-state index is -0.0217. The number of phenols is 1. The molecule has 1 heterocycles. The predicted octanol–water partition coefficient (Wildman–Crippen LogP) is 5.90. The molecule has 0 bridgehead atoms. The number of aromatic hydroxyl groups is 1. The predicted molar refractivity (Wildman–Crippen MR) is 118 cm³/mol. The molecule has 1 unspecified atom stereocenters. The first kappa shape index (κ1) is 17.6. The molecule has 0 amide bonds. The molecule has 0 spiro atoms. The number of rotatable bonds is 4. The quantitative estimate of drug-likeness (QED) is 0.462. The number of benzene rings is 4. The normalized spacial score (nSPS) is 15.5. The van der Waals surface area contributed by atoms with Gasteiger partial charge in [0.15, 0.2) is 6.23 Å². The first-order valence-electron chi connectivity index (χ1n) is 10.1. The van der Waals surface area contributed by atoms with E-state index in [1.54, 1.807) is 12.1 Å². The third-order valence-corrected chi connectivity index (χ3v) is 5.55. The van der Waals surface area contributed by atoms with Crippen LogP contribution in [0.25, 0.3) is 10.8 Å². The molecule has 0 fully saturated rings. The van der Waals surface area contributed by atoms with E-state index in [0.29, 0.717) is 5.75 Å². The van der Waals surface area contributed by atoms with E-state index >= 15 is 0 Å². The van der Waals surface area contributed by atoms with E-state index in [2.05, 4.69) is 66.0 Å². The molecule has 0 aliphatic carbocycles. The minimum absolute atomic E-state index is 0.0217. The molecular formula is C26H23NO2. The second-order valence-corrected chi connectivity index (χ2v) is 7.59. The molecule has 1 aliphatic heterocycles. The summed E-state index contributed by atoms with van der Waals surface area (Å²) in [5.74, 6) is 1.28. The summed E-state index contributed by atoms with van der Waals surface area (Å²) >= 11 is 0. The van der Waals surface area contributed by atoms with Gasteiger partial charge in [-0.1, -0.05) is 54.6 Å². The Labute approximate surface area is 170 Å². The summed E-state index contributed by atoms with van der Waals surface area (Å²) in [5.41, 5.74) is 4.80. The Balaban J connectivity index is 1.26. The van der Waals surface area contributed by atoms with Crippen LogP contribution in [0.4, 0.5) is 5.69 Å². The fraction of sp³-hybridized carbons (Fsp3) is 0.154. The summed E-state index contributed by atoms with van der Waals surface area (Å²) in [6, 6.07) is 28.6. The maximum Gasteiger partial charge on any atom is 0.170 e. The lowest BCUT2D eigenvalue weighted by atomic mass is 9.97. The van der Waals surface area contributed by atoms with E-state index in [1.807, 2.05) is 12.1 Å². The molecule has 3 heteroatoms. The van der Waals surface area contributed by atoms with Crippen molar-refractivity contribution >= 4 is 16.5 Å². The standard InChI is InChI=1S/C26H23NO2/c28-22-12-7-19(8-13-22)17-18-5-10-21(11-6-18)27-26-16-14-24-23-4-2-1-3-20(23)9-15-25(24)29-26/h1-13,15,26-28H,14,16-17H2. The fourth-order valence-electron chi connectivity index (χ4n) is 4.03. The van der Waals surface area contributed by atoms with Crippen LogP contribution in [0.15, 0.2) is 84.9 Å². The van der Waals surface area contributed by atoms with Crippen molar-refractivity contribution in [2.45, 2.75) is 25.5 Å². The minimum Gasteiger partial charge on any atom is -0.508 e. The number of fused-ring (bicyclic) bond motifs is 3. The van der Waals surface area contributed by atoms with Gasteiger partial charge in [0.25, 0.3) is 0 Å². The first-order valence-corrected chi connectivity index (χ1v) is 10.1. The Bertz CT molecular complexity index is 1130. The van der Waals surface area contributed by atoms with Gasteiger partial charge in [-0.3, -0.25) is 0 Å². The van der Waals surface area contributed by atoms with Gasteiger partial charge < -0.3 is 15.2 Å². The van der Waals surface area contributed by atoms with Crippen LogP contribution >= 0.6 is 0 Å². The maximum absolute atomic E-state index is 9.41. The van der Waals surface area contributed by atoms with Gasteiger partial charge in [-0.25, -0.2) is 0 Å². The molecule has 1 atom stereocenters. The number of ether oxygens (including phenoxy) is 1. The summed E-state index contributed by atoms with van der Waals surface area (Å²) in [6.07, 6.45) is 2.77. The van der Waals surface area contributed by atoms with Crippen LogP contribution in [0.5, 0.6) is 11.5 Å². The molecule has 0 radical (unpaired) electrons. The lowest BCUT2D eigenvalue weighted by Gasteiger charge is -2.28. The number of phenolic OH excluding ortho intramolecular Hbond substituents is 1. The Morgan fingerprint density at radius 2 is 1.55 bits per heavy atom. The van der Waals surface area contributed by atoms with Gasteiger partial charge in [0.2, 0.25) is 0 Å². The van der Waals surface area contributed by atoms with Crippen molar-refractivity contribution in [1.82, 2.24) is 0 Å². The highest BCUT2D eigenvalue weighted by Crippen LogP contribution is 2.34. The molecule has 3 nitrogen and oxygen atoms in total. The lowest BCUT2D eigenvalue weighted by molar-refractivity contribution is 0.201.